The lowest BCUT2D eigenvalue weighted by Gasteiger charge is -2.11. The second kappa shape index (κ2) is 5.27. The van der Waals surface area contributed by atoms with Crippen LogP contribution >= 0.6 is 0 Å². The minimum atomic E-state index is 0.0677. The number of amides is 1. The lowest BCUT2D eigenvalue weighted by Crippen LogP contribution is -2.27. The second-order valence-corrected chi connectivity index (χ2v) is 4.63. The molecule has 1 unspecified atom stereocenters. The van der Waals surface area contributed by atoms with E-state index in [1.807, 2.05) is 26.0 Å². The summed E-state index contributed by atoms with van der Waals surface area (Å²) in [6.45, 7) is 4.89. The van der Waals surface area contributed by atoms with Crippen LogP contribution in [0.2, 0.25) is 0 Å². The third kappa shape index (κ3) is 3.27. The fourth-order valence-electron chi connectivity index (χ4n) is 2.17. The van der Waals surface area contributed by atoms with Crippen LogP contribution < -0.4 is 10.6 Å². The smallest absolute Gasteiger partial charge is 0.225 e. The van der Waals surface area contributed by atoms with Crippen molar-refractivity contribution in [3.63, 3.8) is 0 Å². The number of carbonyl (C=O) groups is 1. The van der Waals surface area contributed by atoms with E-state index in [0.29, 0.717) is 12.5 Å². The van der Waals surface area contributed by atoms with E-state index < -0.39 is 0 Å². The molecular formula is C13H19N3O. The Hall–Kier alpha value is -1.42. The summed E-state index contributed by atoms with van der Waals surface area (Å²) in [5.74, 6) is 0.0677. The molecule has 1 fully saturated rings. The van der Waals surface area contributed by atoms with Gasteiger partial charge in [0.25, 0.3) is 0 Å². The van der Waals surface area contributed by atoms with Gasteiger partial charge in [-0.2, -0.15) is 0 Å². The number of pyridine rings is 1. The molecule has 1 aliphatic rings. The number of aromatic nitrogens is 1. The maximum Gasteiger partial charge on any atom is 0.225 e. The number of nitrogens with one attached hydrogen (secondary N) is 2. The van der Waals surface area contributed by atoms with E-state index in [-0.39, 0.29) is 5.91 Å². The van der Waals surface area contributed by atoms with Gasteiger partial charge in [-0.25, -0.2) is 0 Å². The summed E-state index contributed by atoms with van der Waals surface area (Å²) in [5, 5.41) is 6.24. The van der Waals surface area contributed by atoms with Crippen LogP contribution in [0.3, 0.4) is 0 Å². The summed E-state index contributed by atoms with van der Waals surface area (Å²) in [7, 11) is 0. The van der Waals surface area contributed by atoms with Crippen LogP contribution in [0.5, 0.6) is 0 Å². The van der Waals surface area contributed by atoms with Gasteiger partial charge in [0, 0.05) is 18.2 Å². The van der Waals surface area contributed by atoms with E-state index in [9.17, 15) is 4.79 Å². The topological polar surface area (TPSA) is 54.0 Å². The van der Waals surface area contributed by atoms with Crippen molar-refractivity contribution in [2.45, 2.75) is 39.2 Å². The van der Waals surface area contributed by atoms with Crippen molar-refractivity contribution in [3.8, 4) is 0 Å². The van der Waals surface area contributed by atoms with Gasteiger partial charge in [0.1, 0.15) is 0 Å². The zero-order valence-corrected chi connectivity index (χ0v) is 10.4. The summed E-state index contributed by atoms with van der Waals surface area (Å²) < 4.78 is 0. The van der Waals surface area contributed by atoms with Crippen LogP contribution in [-0.2, 0) is 4.79 Å². The van der Waals surface area contributed by atoms with Crippen molar-refractivity contribution in [3.05, 3.63) is 23.5 Å². The third-order valence-electron chi connectivity index (χ3n) is 3.09. The molecule has 4 nitrogen and oxygen atoms in total. The quantitative estimate of drug-likeness (QED) is 0.836. The monoisotopic (exact) mass is 233 g/mol. The second-order valence-electron chi connectivity index (χ2n) is 4.63. The van der Waals surface area contributed by atoms with E-state index >= 15 is 0 Å². The molecule has 1 atom stereocenters. The molecule has 0 aromatic carbocycles. The molecule has 92 valence electrons. The molecule has 0 saturated carbocycles. The largest absolute Gasteiger partial charge is 0.324 e. The highest BCUT2D eigenvalue weighted by Crippen LogP contribution is 2.14. The van der Waals surface area contributed by atoms with E-state index in [1.54, 1.807) is 0 Å². The fourth-order valence-corrected chi connectivity index (χ4v) is 2.17. The lowest BCUT2D eigenvalue weighted by atomic mass is 10.1. The molecule has 1 aliphatic heterocycles. The molecule has 0 aliphatic carbocycles. The van der Waals surface area contributed by atoms with Crippen LogP contribution in [0.25, 0.3) is 0 Å². The van der Waals surface area contributed by atoms with Crippen molar-refractivity contribution in [2.24, 2.45) is 0 Å². The molecule has 1 saturated heterocycles. The van der Waals surface area contributed by atoms with E-state index in [2.05, 4.69) is 15.6 Å². The van der Waals surface area contributed by atoms with E-state index in [0.717, 1.165) is 30.0 Å². The van der Waals surface area contributed by atoms with Crippen molar-refractivity contribution < 1.29 is 4.79 Å². The minimum absolute atomic E-state index is 0.0677. The summed E-state index contributed by atoms with van der Waals surface area (Å²) in [6, 6.07) is 4.17. The molecule has 4 heteroatoms. The average Bonchev–Trinajstić information content (AvgIpc) is 2.75. The van der Waals surface area contributed by atoms with Crippen LogP contribution in [0.1, 0.15) is 30.7 Å². The van der Waals surface area contributed by atoms with Gasteiger partial charge in [0.15, 0.2) is 0 Å². The number of hydrogen-bond acceptors (Lipinski definition) is 3. The van der Waals surface area contributed by atoms with Gasteiger partial charge < -0.3 is 10.6 Å². The molecular weight excluding hydrogens is 214 g/mol. The highest BCUT2D eigenvalue weighted by Gasteiger charge is 2.17. The third-order valence-corrected chi connectivity index (χ3v) is 3.09. The molecule has 17 heavy (non-hydrogen) atoms. The van der Waals surface area contributed by atoms with Crippen LogP contribution in [-0.4, -0.2) is 23.5 Å². The number of aryl methyl sites for hydroxylation is 2. The first kappa shape index (κ1) is 12.0. The molecule has 2 heterocycles. The van der Waals surface area contributed by atoms with Gasteiger partial charge in [0.05, 0.1) is 11.4 Å². The van der Waals surface area contributed by atoms with Crippen molar-refractivity contribution in [1.82, 2.24) is 10.3 Å². The zero-order valence-electron chi connectivity index (χ0n) is 10.4. The van der Waals surface area contributed by atoms with Gasteiger partial charge in [-0.05, 0) is 45.4 Å². The maximum atomic E-state index is 11.8. The van der Waals surface area contributed by atoms with Crippen molar-refractivity contribution in [1.29, 1.82) is 0 Å². The number of nitrogens with zero attached hydrogens (tertiary/aromatic N) is 1. The Labute approximate surface area is 102 Å². The molecule has 0 radical (unpaired) electrons. The lowest BCUT2D eigenvalue weighted by molar-refractivity contribution is -0.116. The summed E-state index contributed by atoms with van der Waals surface area (Å²) in [6.07, 6.45) is 2.81. The predicted octanol–water partition coefficient (Wildman–Crippen LogP) is 1.78. The molecule has 2 rings (SSSR count). The summed E-state index contributed by atoms with van der Waals surface area (Å²) >= 11 is 0. The highest BCUT2D eigenvalue weighted by molar-refractivity contribution is 5.91. The molecule has 1 aromatic rings. The Balaban J connectivity index is 1.93. The first-order valence-electron chi connectivity index (χ1n) is 6.12. The predicted molar refractivity (Wildman–Crippen MR) is 68.0 cm³/mol. The molecule has 0 spiro atoms. The Morgan fingerprint density at radius 3 is 3.00 bits per heavy atom. The Morgan fingerprint density at radius 2 is 2.35 bits per heavy atom. The molecule has 1 aromatic heterocycles. The zero-order chi connectivity index (χ0) is 12.3. The Kier molecular flexibility index (Phi) is 3.74. The number of hydrogen-bond donors (Lipinski definition) is 2. The molecule has 2 N–H and O–H groups in total. The number of rotatable bonds is 3. The van der Waals surface area contributed by atoms with E-state index in [1.165, 1.54) is 6.42 Å². The summed E-state index contributed by atoms with van der Waals surface area (Å²) in [5.41, 5.74) is 2.66. The minimum Gasteiger partial charge on any atom is -0.324 e. The average molecular weight is 233 g/mol. The first-order valence-corrected chi connectivity index (χ1v) is 6.12. The van der Waals surface area contributed by atoms with E-state index in [4.69, 9.17) is 0 Å². The standard InChI is InChI=1S/C13H19N3O/c1-9-5-6-12(10(2)15-9)16-13(17)8-11-4-3-7-14-11/h5-6,11,14H,3-4,7-8H2,1-2H3,(H,16,17). The molecule has 1 amide bonds. The van der Waals surface area contributed by atoms with Gasteiger partial charge >= 0.3 is 0 Å². The van der Waals surface area contributed by atoms with Crippen molar-refractivity contribution in [2.75, 3.05) is 11.9 Å². The van der Waals surface area contributed by atoms with Gasteiger partial charge in [-0.15, -0.1) is 0 Å². The molecule has 0 bridgehead atoms. The van der Waals surface area contributed by atoms with Crippen LogP contribution in [0.4, 0.5) is 5.69 Å². The SMILES string of the molecule is Cc1ccc(NC(=O)CC2CCCN2)c(C)n1. The van der Waals surface area contributed by atoms with Crippen LogP contribution in [0.15, 0.2) is 12.1 Å². The highest BCUT2D eigenvalue weighted by atomic mass is 16.1. The Morgan fingerprint density at radius 1 is 1.53 bits per heavy atom. The maximum absolute atomic E-state index is 11.8. The summed E-state index contributed by atoms with van der Waals surface area (Å²) in [4.78, 5) is 16.2. The van der Waals surface area contributed by atoms with Gasteiger partial charge in [-0.1, -0.05) is 0 Å². The fraction of sp³-hybridized carbons (Fsp3) is 0.538. The van der Waals surface area contributed by atoms with Gasteiger partial charge in [0.2, 0.25) is 5.91 Å². The Bertz CT molecular complexity index is 411. The normalized spacial score (nSPS) is 19.3. The van der Waals surface area contributed by atoms with Crippen LogP contribution in [0, 0.1) is 13.8 Å². The van der Waals surface area contributed by atoms with Gasteiger partial charge in [-0.3, -0.25) is 9.78 Å². The van der Waals surface area contributed by atoms with Crippen molar-refractivity contribution >= 4 is 11.6 Å². The number of anilines is 1. The first-order chi connectivity index (χ1) is 8.15. The number of carbonyl (C=O) groups excluding carboxylic acids is 1.